The van der Waals surface area contributed by atoms with Gasteiger partial charge in [0, 0.05) is 38.9 Å². The second-order valence-electron chi connectivity index (χ2n) is 7.27. The Labute approximate surface area is 209 Å². The number of hydrogen-bond acceptors (Lipinski definition) is 1. The predicted octanol–water partition coefficient (Wildman–Crippen LogP) is 7.03. The highest BCUT2D eigenvalue weighted by molar-refractivity contribution is 6.93. The normalized spacial score (nSPS) is 10.3. The summed E-state index contributed by atoms with van der Waals surface area (Å²) >= 11 is 24.4. The summed E-state index contributed by atoms with van der Waals surface area (Å²) in [7, 11) is 0. The van der Waals surface area contributed by atoms with Gasteiger partial charge >= 0.3 is 0 Å². The molecule has 1 heterocycles. The highest BCUT2D eigenvalue weighted by Crippen LogP contribution is 2.22. The Kier molecular flexibility index (Phi) is 8.89. The quantitative estimate of drug-likeness (QED) is 0.292. The first-order chi connectivity index (χ1) is 15.4. The van der Waals surface area contributed by atoms with E-state index in [0.717, 1.165) is 37.8 Å². The topological polar surface area (TPSA) is 28.7 Å². The molecule has 4 rings (SSSR count). The number of imidazole rings is 1. The fraction of sp³-hybridized carbons (Fsp3) is 0.0800. The van der Waals surface area contributed by atoms with Gasteiger partial charge in [-0.25, -0.2) is 4.98 Å². The van der Waals surface area contributed by atoms with Crippen molar-refractivity contribution < 1.29 is 0 Å². The van der Waals surface area contributed by atoms with Gasteiger partial charge in [0.05, 0.1) is 0 Å². The van der Waals surface area contributed by atoms with Gasteiger partial charge < -0.3 is 4.98 Å². The highest BCUT2D eigenvalue weighted by Gasteiger charge is 2.24. The standard InChI is InChI=1S/C15H13BCl2.C10H8Cl2N2/c1-11(2)16(12-7-3-5-9-14(12)17)13-8-4-6-10-15(13)18;11-8-2-1-7(9(12)6-8)5-10-13-3-4-14-10/h3-10H,1H2,2H3;1-4,6H,5H2,(H,13,14). The van der Waals surface area contributed by atoms with Gasteiger partial charge in [-0.15, -0.1) is 12.1 Å². The third-order valence-corrected chi connectivity index (χ3v) is 6.13. The zero-order chi connectivity index (χ0) is 23.1. The first-order valence-corrected chi connectivity index (χ1v) is 11.4. The fourth-order valence-corrected chi connectivity index (χ4v) is 4.32. The lowest BCUT2D eigenvalue weighted by Gasteiger charge is -2.17. The molecule has 32 heavy (non-hydrogen) atoms. The molecule has 162 valence electrons. The number of halogens is 4. The third kappa shape index (κ3) is 6.43. The number of nitrogens with one attached hydrogen (secondary N) is 1. The van der Waals surface area contributed by atoms with Crippen molar-refractivity contribution in [2.75, 3.05) is 0 Å². The molecule has 0 aliphatic heterocycles. The number of nitrogens with zero attached hydrogens (tertiary/aromatic N) is 1. The van der Waals surface area contributed by atoms with Crippen LogP contribution in [0.15, 0.2) is 91.2 Å². The first-order valence-electron chi connectivity index (χ1n) is 9.93. The second kappa shape index (κ2) is 11.6. The van der Waals surface area contributed by atoms with Crippen LogP contribution in [-0.4, -0.2) is 16.7 Å². The molecule has 0 spiro atoms. The molecule has 3 aromatic carbocycles. The van der Waals surface area contributed by atoms with Gasteiger partial charge in [-0.05, 0) is 29.8 Å². The van der Waals surface area contributed by atoms with Gasteiger partial charge in [0.15, 0.2) is 0 Å². The minimum atomic E-state index is 0.0346. The van der Waals surface area contributed by atoms with E-state index in [9.17, 15) is 0 Å². The molecule has 0 aliphatic rings. The largest absolute Gasteiger partial charge is 0.348 e. The molecule has 0 saturated carbocycles. The lowest BCUT2D eigenvalue weighted by Crippen LogP contribution is -2.44. The van der Waals surface area contributed by atoms with E-state index in [1.165, 1.54) is 0 Å². The van der Waals surface area contributed by atoms with Crippen molar-refractivity contribution in [1.29, 1.82) is 0 Å². The maximum atomic E-state index is 6.28. The lowest BCUT2D eigenvalue weighted by molar-refractivity contribution is 1.03. The number of hydrogen-bond donors (Lipinski definition) is 1. The monoisotopic (exact) mass is 500 g/mol. The zero-order valence-corrected chi connectivity index (χ0v) is 20.5. The number of rotatable bonds is 5. The van der Waals surface area contributed by atoms with E-state index in [1.54, 1.807) is 18.5 Å². The highest BCUT2D eigenvalue weighted by atomic mass is 35.5. The maximum Gasteiger partial charge on any atom is 0.240 e. The molecule has 0 amide bonds. The molecule has 2 nitrogen and oxygen atoms in total. The van der Waals surface area contributed by atoms with Crippen molar-refractivity contribution in [3.63, 3.8) is 0 Å². The van der Waals surface area contributed by atoms with Crippen LogP contribution in [0.25, 0.3) is 0 Å². The van der Waals surface area contributed by atoms with Crippen LogP contribution in [0.2, 0.25) is 20.1 Å². The number of aromatic nitrogens is 2. The molecule has 1 N–H and O–H groups in total. The van der Waals surface area contributed by atoms with Crippen LogP contribution in [0.5, 0.6) is 0 Å². The molecule has 0 fully saturated rings. The van der Waals surface area contributed by atoms with Gasteiger partial charge in [-0.1, -0.05) is 107 Å². The van der Waals surface area contributed by atoms with Crippen LogP contribution in [0, 0.1) is 0 Å². The molecule has 7 heteroatoms. The van der Waals surface area contributed by atoms with Crippen molar-refractivity contribution >= 4 is 64.0 Å². The van der Waals surface area contributed by atoms with Gasteiger partial charge in [0.25, 0.3) is 0 Å². The summed E-state index contributed by atoms with van der Waals surface area (Å²) in [5.41, 5.74) is 4.13. The number of aromatic amines is 1. The summed E-state index contributed by atoms with van der Waals surface area (Å²) in [6.45, 7) is 6.11. The van der Waals surface area contributed by atoms with Gasteiger partial charge in [0.1, 0.15) is 5.82 Å². The van der Waals surface area contributed by atoms with Crippen LogP contribution in [0.4, 0.5) is 0 Å². The molecule has 0 atom stereocenters. The summed E-state index contributed by atoms with van der Waals surface area (Å²) in [6.07, 6.45) is 4.21. The number of H-pyrrole nitrogens is 1. The van der Waals surface area contributed by atoms with E-state index >= 15 is 0 Å². The van der Waals surface area contributed by atoms with Crippen LogP contribution < -0.4 is 10.9 Å². The molecule has 0 bridgehead atoms. The average molecular weight is 502 g/mol. The Hall–Kier alpha value is -2.17. The van der Waals surface area contributed by atoms with Crippen LogP contribution in [-0.2, 0) is 6.42 Å². The van der Waals surface area contributed by atoms with E-state index in [2.05, 4.69) is 16.5 Å². The Balaban J connectivity index is 0.000000186. The molecular weight excluding hydrogens is 481 g/mol. The molecule has 1 aromatic heterocycles. The SMILES string of the molecule is C=C(C)B(c1ccccc1Cl)c1ccccc1Cl.Clc1ccc(Cc2ncc[nH]2)c(Cl)c1. The number of allylic oxidation sites excluding steroid dienone is 1. The lowest BCUT2D eigenvalue weighted by atomic mass is 9.37. The van der Waals surface area contributed by atoms with E-state index in [-0.39, 0.29) is 6.71 Å². The summed E-state index contributed by atoms with van der Waals surface area (Å²) < 4.78 is 0. The van der Waals surface area contributed by atoms with Crippen molar-refractivity contribution in [2.45, 2.75) is 13.3 Å². The Morgan fingerprint density at radius 3 is 1.94 bits per heavy atom. The summed E-state index contributed by atoms with van der Waals surface area (Å²) in [6, 6.07) is 21.1. The van der Waals surface area contributed by atoms with Crippen LogP contribution in [0.1, 0.15) is 18.3 Å². The summed E-state index contributed by atoms with van der Waals surface area (Å²) in [5, 5.41) is 2.81. The predicted molar refractivity (Wildman–Crippen MR) is 141 cm³/mol. The Morgan fingerprint density at radius 2 is 1.47 bits per heavy atom. The van der Waals surface area contributed by atoms with Gasteiger partial charge in [-0.2, -0.15) is 0 Å². The van der Waals surface area contributed by atoms with Crippen molar-refractivity contribution in [1.82, 2.24) is 9.97 Å². The van der Waals surface area contributed by atoms with E-state index < -0.39 is 0 Å². The zero-order valence-electron chi connectivity index (χ0n) is 17.5. The molecule has 0 unspecified atom stereocenters. The van der Waals surface area contributed by atoms with Crippen molar-refractivity contribution in [3.05, 3.63) is 123 Å². The molecular formula is C25H21BCl4N2. The molecule has 4 aromatic rings. The molecule has 0 saturated heterocycles. The minimum absolute atomic E-state index is 0.0346. The Morgan fingerprint density at radius 1 is 0.875 bits per heavy atom. The number of benzene rings is 3. The Bertz CT molecular complexity index is 1150. The minimum Gasteiger partial charge on any atom is -0.348 e. The maximum absolute atomic E-state index is 6.28. The summed E-state index contributed by atoms with van der Waals surface area (Å²) in [5.74, 6) is 0.897. The van der Waals surface area contributed by atoms with Gasteiger partial charge in [-0.3, -0.25) is 0 Å². The van der Waals surface area contributed by atoms with Crippen molar-refractivity contribution in [2.24, 2.45) is 0 Å². The second-order valence-corrected chi connectivity index (χ2v) is 8.93. The van der Waals surface area contributed by atoms with Gasteiger partial charge in [0.2, 0.25) is 6.71 Å². The van der Waals surface area contributed by atoms with E-state index in [1.807, 2.05) is 67.6 Å². The first kappa shape index (κ1) is 24.5. The van der Waals surface area contributed by atoms with Crippen LogP contribution >= 0.6 is 46.4 Å². The fourth-order valence-electron chi connectivity index (χ4n) is 3.36. The molecule has 0 aliphatic carbocycles. The smallest absolute Gasteiger partial charge is 0.240 e. The summed E-state index contributed by atoms with van der Waals surface area (Å²) in [4.78, 5) is 7.15. The van der Waals surface area contributed by atoms with Crippen LogP contribution in [0.3, 0.4) is 0 Å². The average Bonchev–Trinajstić information content (AvgIpc) is 3.27. The van der Waals surface area contributed by atoms with E-state index in [0.29, 0.717) is 16.5 Å². The van der Waals surface area contributed by atoms with E-state index in [4.69, 9.17) is 46.4 Å². The van der Waals surface area contributed by atoms with Crippen molar-refractivity contribution in [3.8, 4) is 0 Å². The third-order valence-electron chi connectivity index (χ3n) is 4.85. The molecule has 0 radical (unpaired) electrons.